The Morgan fingerprint density at radius 1 is 0.396 bits per heavy atom. The smallest absolute Gasteiger partial charge is 0.193 e. The molecular formula is C45H30N2O. The standard InChI is InChI=1S/C45H30N2O/c48-45(33-20-9-3-10-21-33)34-22-15-25-36(30-34)46-40-27-14-13-26-37(40)38-28-29-39-41(31-16-5-1-6-17-31)42(32-18-7-2-8-19-32)47(44(39)43(38)46)35-23-11-4-12-24-35/h1-30H. The van der Waals surface area contributed by atoms with Gasteiger partial charge in [-0.3, -0.25) is 4.79 Å². The van der Waals surface area contributed by atoms with Crippen LogP contribution in [0.3, 0.4) is 0 Å². The van der Waals surface area contributed by atoms with Gasteiger partial charge in [0.2, 0.25) is 0 Å². The van der Waals surface area contributed by atoms with Gasteiger partial charge >= 0.3 is 0 Å². The molecule has 226 valence electrons. The third kappa shape index (κ3) is 4.40. The summed E-state index contributed by atoms with van der Waals surface area (Å²) < 4.78 is 4.78. The Hall–Kier alpha value is -6.45. The molecule has 0 aliphatic rings. The predicted octanol–water partition coefficient (Wildman–Crippen LogP) is 11.3. The number of hydrogen-bond donors (Lipinski definition) is 0. The molecule has 0 aliphatic heterocycles. The maximum atomic E-state index is 13.7. The minimum absolute atomic E-state index is 0.00810. The lowest BCUT2D eigenvalue weighted by Gasteiger charge is -2.15. The third-order valence-corrected chi connectivity index (χ3v) is 9.29. The van der Waals surface area contributed by atoms with Crippen LogP contribution in [0.4, 0.5) is 0 Å². The van der Waals surface area contributed by atoms with Crippen molar-refractivity contribution in [3.63, 3.8) is 0 Å². The summed E-state index contributed by atoms with van der Waals surface area (Å²) in [5, 5.41) is 3.49. The Morgan fingerprint density at radius 3 is 1.67 bits per heavy atom. The number of carbonyl (C=O) groups is 1. The van der Waals surface area contributed by atoms with E-state index in [-0.39, 0.29) is 5.78 Å². The van der Waals surface area contributed by atoms with Crippen molar-refractivity contribution in [2.24, 2.45) is 0 Å². The number of ketones is 1. The van der Waals surface area contributed by atoms with Crippen LogP contribution in [-0.4, -0.2) is 14.9 Å². The molecule has 0 spiro atoms. The molecule has 0 atom stereocenters. The SMILES string of the molecule is O=C(c1ccccc1)c1cccc(-n2c3ccccc3c3ccc4c(-c5ccccc5)c(-c5ccccc5)n(-c5ccccc5)c4c32)c1. The summed E-state index contributed by atoms with van der Waals surface area (Å²) in [7, 11) is 0. The Bertz CT molecular complexity index is 2600. The van der Waals surface area contributed by atoms with E-state index in [0.29, 0.717) is 11.1 Å². The average Bonchev–Trinajstić information content (AvgIpc) is 3.69. The molecule has 0 N–H and O–H groups in total. The largest absolute Gasteiger partial charge is 0.307 e. The van der Waals surface area contributed by atoms with Gasteiger partial charge in [-0.1, -0.05) is 152 Å². The van der Waals surface area contributed by atoms with Crippen molar-refractivity contribution in [1.29, 1.82) is 0 Å². The van der Waals surface area contributed by atoms with Gasteiger partial charge in [0.05, 0.1) is 22.2 Å². The minimum Gasteiger partial charge on any atom is -0.307 e. The number of rotatable bonds is 6. The molecule has 3 nitrogen and oxygen atoms in total. The monoisotopic (exact) mass is 614 g/mol. The third-order valence-electron chi connectivity index (χ3n) is 9.29. The fourth-order valence-corrected chi connectivity index (χ4v) is 7.23. The van der Waals surface area contributed by atoms with E-state index < -0.39 is 0 Å². The van der Waals surface area contributed by atoms with Crippen LogP contribution >= 0.6 is 0 Å². The first-order chi connectivity index (χ1) is 23.8. The first-order valence-electron chi connectivity index (χ1n) is 16.2. The molecule has 0 amide bonds. The first kappa shape index (κ1) is 27.8. The van der Waals surface area contributed by atoms with Crippen molar-refractivity contribution in [2.75, 3.05) is 0 Å². The van der Waals surface area contributed by atoms with Gasteiger partial charge in [-0.05, 0) is 41.5 Å². The maximum absolute atomic E-state index is 13.7. The number of aromatic nitrogens is 2. The van der Waals surface area contributed by atoms with Crippen LogP contribution in [0.2, 0.25) is 0 Å². The molecule has 2 aromatic heterocycles. The molecule has 9 rings (SSSR count). The van der Waals surface area contributed by atoms with E-state index in [2.05, 4.69) is 143 Å². The summed E-state index contributed by atoms with van der Waals surface area (Å²) in [5.41, 5.74) is 11.3. The second-order valence-electron chi connectivity index (χ2n) is 12.1. The van der Waals surface area contributed by atoms with Gasteiger partial charge in [0.1, 0.15) is 0 Å². The molecule has 2 heterocycles. The molecular weight excluding hydrogens is 585 g/mol. The molecule has 0 saturated heterocycles. The second-order valence-corrected chi connectivity index (χ2v) is 12.1. The van der Waals surface area contributed by atoms with E-state index in [0.717, 1.165) is 60.9 Å². The Morgan fingerprint density at radius 2 is 0.938 bits per heavy atom. The van der Waals surface area contributed by atoms with E-state index in [1.54, 1.807) is 0 Å². The first-order valence-corrected chi connectivity index (χ1v) is 16.2. The van der Waals surface area contributed by atoms with Crippen LogP contribution in [0.15, 0.2) is 182 Å². The maximum Gasteiger partial charge on any atom is 0.193 e. The summed E-state index contributed by atoms with van der Waals surface area (Å²) >= 11 is 0. The lowest BCUT2D eigenvalue weighted by Crippen LogP contribution is -2.04. The van der Waals surface area contributed by atoms with Gasteiger partial charge in [0.25, 0.3) is 0 Å². The van der Waals surface area contributed by atoms with E-state index in [1.807, 2.05) is 48.5 Å². The Kier molecular flexibility index (Phi) is 6.62. The lowest BCUT2D eigenvalue weighted by atomic mass is 9.98. The van der Waals surface area contributed by atoms with Gasteiger partial charge in [0.15, 0.2) is 5.78 Å². The van der Waals surface area contributed by atoms with Crippen molar-refractivity contribution in [2.45, 2.75) is 0 Å². The van der Waals surface area contributed by atoms with Crippen molar-refractivity contribution in [1.82, 2.24) is 9.13 Å². The topological polar surface area (TPSA) is 26.9 Å². The molecule has 7 aromatic carbocycles. The highest BCUT2D eigenvalue weighted by atomic mass is 16.1. The van der Waals surface area contributed by atoms with Crippen LogP contribution in [-0.2, 0) is 0 Å². The van der Waals surface area contributed by atoms with Crippen molar-refractivity contribution < 1.29 is 4.79 Å². The quantitative estimate of drug-likeness (QED) is 0.171. The fraction of sp³-hybridized carbons (Fsp3) is 0. The van der Waals surface area contributed by atoms with E-state index in [1.165, 1.54) is 5.56 Å². The van der Waals surface area contributed by atoms with Crippen molar-refractivity contribution in [3.8, 4) is 33.8 Å². The van der Waals surface area contributed by atoms with Crippen LogP contribution in [0, 0.1) is 0 Å². The molecule has 0 saturated carbocycles. The lowest BCUT2D eigenvalue weighted by molar-refractivity contribution is 0.103. The summed E-state index contributed by atoms with van der Waals surface area (Å²) in [5.74, 6) is 0.00810. The molecule has 0 unspecified atom stereocenters. The van der Waals surface area contributed by atoms with Crippen molar-refractivity contribution >= 4 is 38.5 Å². The van der Waals surface area contributed by atoms with Crippen LogP contribution in [0.5, 0.6) is 0 Å². The molecule has 0 bridgehead atoms. The summed E-state index contributed by atoms with van der Waals surface area (Å²) in [6, 6.07) is 62.7. The van der Waals surface area contributed by atoms with E-state index >= 15 is 0 Å². The molecule has 48 heavy (non-hydrogen) atoms. The zero-order valence-corrected chi connectivity index (χ0v) is 26.1. The van der Waals surface area contributed by atoms with Gasteiger partial charge in [-0.25, -0.2) is 0 Å². The summed E-state index contributed by atoms with van der Waals surface area (Å²) in [6.45, 7) is 0. The number of hydrogen-bond acceptors (Lipinski definition) is 1. The highest BCUT2D eigenvalue weighted by Crippen LogP contribution is 2.47. The highest BCUT2D eigenvalue weighted by molar-refractivity contribution is 6.22. The molecule has 0 aliphatic carbocycles. The van der Waals surface area contributed by atoms with Crippen LogP contribution in [0.25, 0.3) is 66.5 Å². The number of benzene rings is 7. The van der Waals surface area contributed by atoms with Gasteiger partial charge in [0, 0.05) is 44.2 Å². The average molecular weight is 615 g/mol. The zero-order valence-electron chi connectivity index (χ0n) is 26.1. The Labute approximate surface area is 278 Å². The zero-order chi connectivity index (χ0) is 32.0. The van der Waals surface area contributed by atoms with Gasteiger partial charge in [-0.2, -0.15) is 0 Å². The van der Waals surface area contributed by atoms with E-state index in [9.17, 15) is 4.79 Å². The highest BCUT2D eigenvalue weighted by Gasteiger charge is 2.26. The molecule has 0 radical (unpaired) electrons. The summed E-state index contributed by atoms with van der Waals surface area (Å²) in [6.07, 6.45) is 0. The van der Waals surface area contributed by atoms with E-state index in [4.69, 9.17) is 0 Å². The number of fused-ring (bicyclic) bond motifs is 5. The Balaban J connectivity index is 1.46. The van der Waals surface area contributed by atoms with Crippen molar-refractivity contribution in [3.05, 3.63) is 193 Å². The number of para-hydroxylation sites is 2. The van der Waals surface area contributed by atoms with Gasteiger partial charge in [-0.15, -0.1) is 0 Å². The molecule has 3 heteroatoms. The number of nitrogens with zero attached hydrogens (tertiary/aromatic N) is 2. The number of carbonyl (C=O) groups excluding carboxylic acids is 1. The summed E-state index contributed by atoms with van der Waals surface area (Å²) in [4.78, 5) is 13.7. The second kappa shape index (κ2) is 11.4. The normalized spacial score (nSPS) is 11.4. The fourth-order valence-electron chi connectivity index (χ4n) is 7.23. The van der Waals surface area contributed by atoms with Gasteiger partial charge < -0.3 is 9.13 Å². The minimum atomic E-state index is 0.00810. The van der Waals surface area contributed by atoms with Crippen LogP contribution in [0.1, 0.15) is 15.9 Å². The van der Waals surface area contributed by atoms with Crippen LogP contribution < -0.4 is 0 Å². The predicted molar refractivity (Wildman–Crippen MR) is 198 cm³/mol. The molecule has 9 aromatic rings. The molecule has 0 fully saturated rings.